The number of nitrogens with zero attached hydrogens (tertiary/aromatic N) is 2. The van der Waals surface area contributed by atoms with E-state index in [0.717, 1.165) is 24.8 Å². The lowest BCUT2D eigenvalue weighted by atomic mass is 10.2. The molecule has 1 aliphatic carbocycles. The zero-order chi connectivity index (χ0) is 21.1. The standard InChI is InChI=1S/C21H35N5O3/c1-21(2,3)29-20(27)25-14-8-13-24-19(22-4)26-15-16-9-7-12-23-18(16)28-17-10-5-6-11-17/h7,9,12,17H,5-6,8,10-11,13-15H2,1-4H3,(H,25,27)(H2,22,24,26). The highest BCUT2D eigenvalue weighted by molar-refractivity contribution is 5.79. The van der Waals surface area contributed by atoms with Crippen LogP contribution in [0.3, 0.4) is 0 Å². The van der Waals surface area contributed by atoms with Gasteiger partial charge in [0, 0.05) is 38.4 Å². The zero-order valence-corrected chi connectivity index (χ0v) is 18.1. The molecule has 0 bridgehead atoms. The summed E-state index contributed by atoms with van der Waals surface area (Å²) < 4.78 is 11.3. The van der Waals surface area contributed by atoms with E-state index in [0.29, 0.717) is 31.5 Å². The predicted molar refractivity (Wildman–Crippen MR) is 114 cm³/mol. The maximum absolute atomic E-state index is 11.6. The van der Waals surface area contributed by atoms with Gasteiger partial charge in [0.15, 0.2) is 5.96 Å². The summed E-state index contributed by atoms with van der Waals surface area (Å²) in [5.74, 6) is 1.39. The fourth-order valence-corrected chi connectivity index (χ4v) is 3.03. The number of rotatable bonds is 8. The van der Waals surface area contributed by atoms with E-state index >= 15 is 0 Å². The number of carbonyl (C=O) groups is 1. The molecule has 1 fully saturated rings. The number of nitrogens with one attached hydrogen (secondary N) is 3. The minimum atomic E-state index is -0.485. The molecule has 1 heterocycles. The van der Waals surface area contributed by atoms with E-state index in [-0.39, 0.29) is 6.10 Å². The lowest BCUT2D eigenvalue weighted by Gasteiger charge is -2.19. The van der Waals surface area contributed by atoms with E-state index < -0.39 is 11.7 Å². The van der Waals surface area contributed by atoms with E-state index in [1.54, 1.807) is 13.2 Å². The van der Waals surface area contributed by atoms with Crippen LogP contribution in [-0.2, 0) is 11.3 Å². The van der Waals surface area contributed by atoms with E-state index in [2.05, 4.69) is 25.9 Å². The van der Waals surface area contributed by atoms with Crippen molar-refractivity contribution in [2.24, 2.45) is 4.99 Å². The Morgan fingerprint density at radius 2 is 1.93 bits per heavy atom. The monoisotopic (exact) mass is 405 g/mol. The molecule has 1 saturated carbocycles. The first-order valence-electron chi connectivity index (χ1n) is 10.4. The molecule has 1 aliphatic rings. The summed E-state index contributed by atoms with van der Waals surface area (Å²) in [6.45, 7) is 7.31. The average molecular weight is 406 g/mol. The van der Waals surface area contributed by atoms with Gasteiger partial charge in [0.2, 0.25) is 5.88 Å². The number of aromatic nitrogens is 1. The van der Waals surface area contributed by atoms with Gasteiger partial charge < -0.3 is 25.4 Å². The molecular weight excluding hydrogens is 370 g/mol. The Bertz CT molecular complexity index is 667. The van der Waals surface area contributed by atoms with E-state index in [1.165, 1.54) is 12.8 Å². The van der Waals surface area contributed by atoms with Gasteiger partial charge in [-0.15, -0.1) is 0 Å². The normalized spacial score (nSPS) is 15.1. The summed E-state index contributed by atoms with van der Waals surface area (Å²) in [4.78, 5) is 20.3. The second-order valence-electron chi connectivity index (χ2n) is 8.13. The number of pyridine rings is 1. The highest BCUT2D eigenvalue weighted by atomic mass is 16.6. The van der Waals surface area contributed by atoms with Crippen molar-refractivity contribution in [2.45, 2.75) is 71.1 Å². The van der Waals surface area contributed by atoms with Crippen molar-refractivity contribution in [1.82, 2.24) is 20.9 Å². The van der Waals surface area contributed by atoms with Crippen LogP contribution in [0.1, 0.15) is 58.4 Å². The third-order valence-corrected chi connectivity index (χ3v) is 4.41. The van der Waals surface area contributed by atoms with Gasteiger partial charge in [0.1, 0.15) is 11.7 Å². The number of aliphatic imine (C=N–C) groups is 1. The quantitative estimate of drug-likeness (QED) is 0.349. The largest absolute Gasteiger partial charge is 0.474 e. The topological polar surface area (TPSA) is 96.9 Å². The first-order chi connectivity index (χ1) is 13.9. The van der Waals surface area contributed by atoms with Crippen LogP contribution in [0.4, 0.5) is 4.79 Å². The van der Waals surface area contributed by atoms with Gasteiger partial charge in [0.05, 0.1) is 0 Å². The van der Waals surface area contributed by atoms with Crippen LogP contribution in [0.15, 0.2) is 23.3 Å². The number of carbonyl (C=O) groups excluding carboxylic acids is 1. The first kappa shape index (κ1) is 22.8. The van der Waals surface area contributed by atoms with Crippen LogP contribution in [0.2, 0.25) is 0 Å². The lowest BCUT2D eigenvalue weighted by molar-refractivity contribution is 0.0527. The minimum Gasteiger partial charge on any atom is -0.474 e. The lowest BCUT2D eigenvalue weighted by Crippen LogP contribution is -2.39. The molecule has 1 amide bonds. The second-order valence-corrected chi connectivity index (χ2v) is 8.13. The maximum atomic E-state index is 11.6. The van der Waals surface area contributed by atoms with Gasteiger partial charge in [-0.3, -0.25) is 4.99 Å². The Hall–Kier alpha value is -2.51. The summed E-state index contributed by atoms with van der Waals surface area (Å²) >= 11 is 0. The van der Waals surface area contributed by atoms with Gasteiger partial charge in [-0.1, -0.05) is 6.07 Å². The van der Waals surface area contributed by atoms with Gasteiger partial charge in [-0.05, 0) is 58.9 Å². The molecule has 1 aromatic rings. The van der Waals surface area contributed by atoms with Crippen molar-refractivity contribution >= 4 is 12.1 Å². The van der Waals surface area contributed by atoms with Gasteiger partial charge >= 0.3 is 6.09 Å². The molecule has 162 valence electrons. The highest BCUT2D eigenvalue weighted by Crippen LogP contribution is 2.24. The summed E-state index contributed by atoms with van der Waals surface area (Å²) in [6.07, 6.45) is 7.05. The molecule has 0 unspecified atom stereocenters. The molecule has 0 aromatic carbocycles. The number of ether oxygens (including phenoxy) is 2. The average Bonchev–Trinajstić information content (AvgIpc) is 3.16. The first-order valence-corrected chi connectivity index (χ1v) is 10.4. The Labute approximate surface area is 173 Å². The molecule has 29 heavy (non-hydrogen) atoms. The number of hydrogen-bond donors (Lipinski definition) is 3. The Morgan fingerprint density at radius 3 is 2.62 bits per heavy atom. The SMILES string of the molecule is CN=C(NCCCNC(=O)OC(C)(C)C)NCc1cccnc1OC1CCCC1. The summed E-state index contributed by atoms with van der Waals surface area (Å²) in [7, 11) is 1.73. The third kappa shape index (κ3) is 9.02. The van der Waals surface area contributed by atoms with Crippen LogP contribution in [-0.4, -0.2) is 48.9 Å². The van der Waals surface area contributed by atoms with Gasteiger partial charge in [0.25, 0.3) is 0 Å². The molecule has 0 radical (unpaired) electrons. The van der Waals surface area contributed by atoms with Crippen molar-refractivity contribution in [3.05, 3.63) is 23.9 Å². The van der Waals surface area contributed by atoms with Crippen LogP contribution in [0.5, 0.6) is 5.88 Å². The molecular formula is C21H35N5O3. The minimum absolute atomic E-state index is 0.276. The fourth-order valence-electron chi connectivity index (χ4n) is 3.03. The smallest absolute Gasteiger partial charge is 0.407 e. The van der Waals surface area contributed by atoms with Gasteiger partial charge in [-0.25, -0.2) is 9.78 Å². The van der Waals surface area contributed by atoms with Crippen molar-refractivity contribution < 1.29 is 14.3 Å². The van der Waals surface area contributed by atoms with E-state index in [4.69, 9.17) is 9.47 Å². The third-order valence-electron chi connectivity index (χ3n) is 4.41. The van der Waals surface area contributed by atoms with Crippen molar-refractivity contribution in [3.63, 3.8) is 0 Å². The highest BCUT2D eigenvalue weighted by Gasteiger charge is 2.18. The van der Waals surface area contributed by atoms with Crippen molar-refractivity contribution in [3.8, 4) is 5.88 Å². The maximum Gasteiger partial charge on any atom is 0.407 e. The van der Waals surface area contributed by atoms with Crippen LogP contribution >= 0.6 is 0 Å². The molecule has 2 rings (SSSR count). The number of alkyl carbamates (subject to hydrolysis) is 1. The molecule has 0 aliphatic heterocycles. The Kier molecular flexibility index (Phi) is 9.02. The molecule has 8 heteroatoms. The molecule has 1 aromatic heterocycles. The molecule has 3 N–H and O–H groups in total. The Balaban J connectivity index is 1.69. The van der Waals surface area contributed by atoms with Crippen LogP contribution < -0.4 is 20.7 Å². The zero-order valence-electron chi connectivity index (χ0n) is 18.1. The molecule has 0 saturated heterocycles. The van der Waals surface area contributed by atoms with Crippen molar-refractivity contribution in [1.29, 1.82) is 0 Å². The molecule has 8 nitrogen and oxygen atoms in total. The Morgan fingerprint density at radius 1 is 1.21 bits per heavy atom. The van der Waals surface area contributed by atoms with E-state index in [1.807, 2.05) is 32.9 Å². The summed E-state index contributed by atoms with van der Waals surface area (Å²) in [5.41, 5.74) is 0.523. The van der Waals surface area contributed by atoms with E-state index in [9.17, 15) is 4.79 Å². The predicted octanol–water partition coefficient (Wildman–Crippen LogP) is 2.98. The van der Waals surface area contributed by atoms with Gasteiger partial charge in [-0.2, -0.15) is 0 Å². The van der Waals surface area contributed by atoms with Crippen LogP contribution in [0.25, 0.3) is 0 Å². The number of guanidine groups is 1. The molecule has 0 atom stereocenters. The fraction of sp³-hybridized carbons (Fsp3) is 0.667. The second kappa shape index (κ2) is 11.5. The number of amides is 1. The molecule has 0 spiro atoms. The van der Waals surface area contributed by atoms with Crippen molar-refractivity contribution in [2.75, 3.05) is 20.1 Å². The summed E-state index contributed by atoms with van der Waals surface area (Å²) in [6, 6.07) is 3.93. The van der Waals surface area contributed by atoms with Crippen LogP contribution in [0, 0.1) is 0 Å². The summed E-state index contributed by atoms with van der Waals surface area (Å²) in [5, 5.41) is 9.27. The number of hydrogen-bond acceptors (Lipinski definition) is 5.